The molecule has 0 atom stereocenters. The maximum atomic E-state index is 11.7. The molecule has 1 saturated heterocycles. The van der Waals surface area contributed by atoms with E-state index in [0.29, 0.717) is 38.0 Å². The van der Waals surface area contributed by atoms with Gasteiger partial charge in [0.15, 0.2) is 5.82 Å². The summed E-state index contributed by atoms with van der Waals surface area (Å²) in [5.41, 5.74) is 1.06. The zero-order valence-corrected chi connectivity index (χ0v) is 14.8. The summed E-state index contributed by atoms with van der Waals surface area (Å²) in [6.07, 6.45) is 6.52. The van der Waals surface area contributed by atoms with Crippen LogP contribution in [0.3, 0.4) is 0 Å². The third-order valence-corrected chi connectivity index (χ3v) is 4.11. The SMILES string of the molecule is CCOC(=O)N1CCC(Nc2nncc(NCc3cccnc3)n2)CC1. The normalized spacial score (nSPS) is 14.7. The average Bonchev–Trinajstić information content (AvgIpc) is 2.68. The van der Waals surface area contributed by atoms with Gasteiger partial charge in [0.2, 0.25) is 5.95 Å². The van der Waals surface area contributed by atoms with E-state index in [1.807, 2.05) is 19.1 Å². The van der Waals surface area contributed by atoms with Crippen molar-refractivity contribution >= 4 is 17.9 Å². The van der Waals surface area contributed by atoms with E-state index in [2.05, 4.69) is 30.8 Å². The van der Waals surface area contributed by atoms with Crippen molar-refractivity contribution in [2.75, 3.05) is 30.3 Å². The van der Waals surface area contributed by atoms with Crippen LogP contribution in [-0.4, -0.2) is 56.9 Å². The van der Waals surface area contributed by atoms with Crippen molar-refractivity contribution in [2.24, 2.45) is 0 Å². The Morgan fingerprint density at radius 3 is 2.92 bits per heavy atom. The molecule has 9 nitrogen and oxygen atoms in total. The third-order valence-electron chi connectivity index (χ3n) is 4.11. The molecule has 2 aromatic rings. The van der Waals surface area contributed by atoms with Crippen molar-refractivity contribution in [1.82, 2.24) is 25.1 Å². The predicted octanol–water partition coefficient (Wildman–Crippen LogP) is 1.91. The van der Waals surface area contributed by atoms with Crippen molar-refractivity contribution in [3.63, 3.8) is 0 Å². The van der Waals surface area contributed by atoms with Crippen molar-refractivity contribution < 1.29 is 9.53 Å². The van der Waals surface area contributed by atoms with Gasteiger partial charge in [-0.3, -0.25) is 4.98 Å². The Balaban J connectivity index is 1.49. The first kappa shape index (κ1) is 17.8. The molecule has 138 valence electrons. The molecule has 26 heavy (non-hydrogen) atoms. The van der Waals surface area contributed by atoms with E-state index < -0.39 is 0 Å². The maximum Gasteiger partial charge on any atom is 0.409 e. The Hall–Kier alpha value is -2.97. The molecule has 1 aliphatic rings. The van der Waals surface area contributed by atoms with Crippen molar-refractivity contribution in [1.29, 1.82) is 0 Å². The largest absolute Gasteiger partial charge is 0.450 e. The molecule has 3 heterocycles. The van der Waals surface area contributed by atoms with Gasteiger partial charge in [-0.05, 0) is 31.4 Å². The smallest absolute Gasteiger partial charge is 0.409 e. The van der Waals surface area contributed by atoms with E-state index in [-0.39, 0.29) is 12.1 Å². The first-order valence-corrected chi connectivity index (χ1v) is 8.75. The molecule has 0 unspecified atom stereocenters. The zero-order chi connectivity index (χ0) is 18.2. The van der Waals surface area contributed by atoms with Gasteiger partial charge in [-0.15, -0.1) is 5.10 Å². The van der Waals surface area contributed by atoms with Crippen LogP contribution in [-0.2, 0) is 11.3 Å². The second-order valence-electron chi connectivity index (χ2n) is 5.98. The number of rotatable bonds is 6. The monoisotopic (exact) mass is 357 g/mol. The minimum Gasteiger partial charge on any atom is -0.450 e. The predicted molar refractivity (Wildman–Crippen MR) is 96.6 cm³/mol. The molecule has 1 amide bonds. The number of nitrogens with one attached hydrogen (secondary N) is 2. The Morgan fingerprint density at radius 1 is 1.35 bits per heavy atom. The van der Waals surface area contributed by atoms with E-state index in [4.69, 9.17) is 4.74 Å². The molecular formula is C17H23N7O2. The highest BCUT2D eigenvalue weighted by Gasteiger charge is 2.24. The number of hydrogen-bond acceptors (Lipinski definition) is 8. The Morgan fingerprint density at radius 2 is 2.19 bits per heavy atom. The van der Waals surface area contributed by atoms with E-state index in [9.17, 15) is 4.79 Å². The van der Waals surface area contributed by atoms with Crippen LogP contribution >= 0.6 is 0 Å². The van der Waals surface area contributed by atoms with E-state index in [1.54, 1.807) is 23.5 Å². The molecule has 0 aliphatic carbocycles. The standard InChI is InChI=1S/C17H23N7O2/c1-2-26-17(25)24-8-5-14(6-9-24)21-16-22-15(12-20-23-16)19-11-13-4-3-7-18-10-13/h3-4,7,10,12,14H,2,5-6,8-9,11H2,1H3,(H2,19,21,22,23). The minimum absolute atomic E-state index is 0.205. The van der Waals surface area contributed by atoms with Gasteiger partial charge >= 0.3 is 6.09 Å². The van der Waals surface area contributed by atoms with Crippen LogP contribution in [0.2, 0.25) is 0 Å². The number of piperidine rings is 1. The summed E-state index contributed by atoms with van der Waals surface area (Å²) < 4.78 is 5.03. The highest BCUT2D eigenvalue weighted by Crippen LogP contribution is 2.15. The van der Waals surface area contributed by atoms with Crippen LogP contribution in [0.4, 0.5) is 16.6 Å². The van der Waals surface area contributed by atoms with Crippen LogP contribution in [0.1, 0.15) is 25.3 Å². The summed E-state index contributed by atoms with van der Waals surface area (Å²) in [6, 6.07) is 4.09. The number of likely N-dealkylation sites (tertiary alicyclic amines) is 1. The lowest BCUT2D eigenvalue weighted by molar-refractivity contribution is 0.0983. The molecular weight excluding hydrogens is 334 g/mol. The summed E-state index contributed by atoms with van der Waals surface area (Å²) in [4.78, 5) is 22.0. The number of pyridine rings is 1. The van der Waals surface area contributed by atoms with E-state index in [1.165, 1.54) is 0 Å². The Kier molecular flexibility index (Phi) is 6.13. The fourth-order valence-corrected chi connectivity index (χ4v) is 2.75. The lowest BCUT2D eigenvalue weighted by Gasteiger charge is -2.31. The van der Waals surface area contributed by atoms with Gasteiger partial charge in [0.25, 0.3) is 0 Å². The van der Waals surface area contributed by atoms with Crippen LogP contribution in [0.25, 0.3) is 0 Å². The fourth-order valence-electron chi connectivity index (χ4n) is 2.75. The Bertz CT molecular complexity index is 705. The molecule has 2 N–H and O–H groups in total. The summed E-state index contributed by atoms with van der Waals surface area (Å²) in [6.45, 7) is 4.14. The van der Waals surface area contributed by atoms with Gasteiger partial charge in [0.05, 0.1) is 12.8 Å². The molecule has 0 spiro atoms. The van der Waals surface area contributed by atoms with Gasteiger partial charge in [-0.1, -0.05) is 6.07 Å². The number of anilines is 2. The molecule has 1 fully saturated rings. The van der Waals surface area contributed by atoms with Crippen LogP contribution in [0, 0.1) is 0 Å². The number of carbonyl (C=O) groups excluding carboxylic acids is 1. The molecule has 1 aliphatic heterocycles. The number of nitrogens with zero attached hydrogens (tertiary/aromatic N) is 5. The maximum absolute atomic E-state index is 11.7. The second-order valence-corrected chi connectivity index (χ2v) is 5.98. The van der Waals surface area contributed by atoms with Gasteiger partial charge in [-0.25, -0.2) is 4.79 Å². The molecule has 2 aromatic heterocycles. The number of ether oxygens (including phenoxy) is 1. The van der Waals surface area contributed by atoms with Gasteiger partial charge in [-0.2, -0.15) is 10.1 Å². The minimum atomic E-state index is -0.245. The Labute approximate surface area is 152 Å². The summed E-state index contributed by atoms with van der Waals surface area (Å²) >= 11 is 0. The van der Waals surface area contributed by atoms with Crippen LogP contribution in [0.15, 0.2) is 30.7 Å². The van der Waals surface area contributed by atoms with Crippen molar-refractivity contribution in [3.8, 4) is 0 Å². The number of aromatic nitrogens is 4. The first-order valence-electron chi connectivity index (χ1n) is 8.75. The van der Waals surface area contributed by atoms with Crippen LogP contribution < -0.4 is 10.6 Å². The lowest BCUT2D eigenvalue weighted by atomic mass is 10.1. The summed E-state index contributed by atoms with van der Waals surface area (Å²) in [7, 11) is 0. The summed E-state index contributed by atoms with van der Waals surface area (Å²) in [5, 5.41) is 14.5. The molecule has 0 aromatic carbocycles. The van der Waals surface area contributed by atoms with Crippen molar-refractivity contribution in [2.45, 2.75) is 32.4 Å². The zero-order valence-electron chi connectivity index (χ0n) is 14.8. The molecule has 9 heteroatoms. The second kappa shape index (κ2) is 8.93. The van der Waals surface area contributed by atoms with Crippen LogP contribution in [0.5, 0.6) is 0 Å². The van der Waals surface area contributed by atoms with Gasteiger partial charge < -0.3 is 20.3 Å². The quantitative estimate of drug-likeness (QED) is 0.808. The fraction of sp³-hybridized carbons (Fsp3) is 0.471. The average molecular weight is 357 g/mol. The molecule has 3 rings (SSSR count). The number of hydrogen-bond donors (Lipinski definition) is 2. The topological polar surface area (TPSA) is 105 Å². The molecule has 0 radical (unpaired) electrons. The highest BCUT2D eigenvalue weighted by atomic mass is 16.6. The number of carbonyl (C=O) groups is 1. The van der Waals surface area contributed by atoms with E-state index >= 15 is 0 Å². The number of amides is 1. The summed E-state index contributed by atoms with van der Waals surface area (Å²) in [5.74, 6) is 1.13. The lowest BCUT2D eigenvalue weighted by Crippen LogP contribution is -2.42. The highest BCUT2D eigenvalue weighted by molar-refractivity contribution is 5.67. The van der Waals surface area contributed by atoms with E-state index in [0.717, 1.165) is 18.4 Å². The third kappa shape index (κ3) is 5.01. The van der Waals surface area contributed by atoms with Gasteiger partial charge in [0.1, 0.15) is 0 Å². The van der Waals surface area contributed by atoms with Crippen molar-refractivity contribution in [3.05, 3.63) is 36.3 Å². The molecule has 0 bridgehead atoms. The first-order chi connectivity index (χ1) is 12.7. The van der Waals surface area contributed by atoms with Gasteiger partial charge in [0, 0.05) is 38.1 Å². The molecule has 0 saturated carbocycles.